The van der Waals surface area contributed by atoms with Crippen molar-refractivity contribution in [2.24, 2.45) is 11.8 Å². The molecule has 0 radical (unpaired) electrons. The van der Waals surface area contributed by atoms with Gasteiger partial charge in [0.1, 0.15) is 0 Å². The van der Waals surface area contributed by atoms with Crippen LogP contribution in [0.4, 0.5) is 0 Å². The molecule has 3 aliphatic rings. The Kier molecular flexibility index (Phi) is 7.52. The van der Waals surface area contributed by atoms with E-state index in [9.17, 15) is 4.79 Å². The maximum atomic E-state index is 12.8. The Morgan fingerprint density at radius 1 is 1.07 bits per heavy atom. The largest absolute Gasteiger partial charge is 0.356 e. The summed E-state index contributed by atoms with van der Waals surface area (Å²) in [5.41, 5.74) is 1.35. The number of likely N-dealkylation sites (tertiary alicyclic amines) is 2. The van der Waals surface area contributed by atoms with Crippen LogP contribution >= 0.6 is 0 Å². The Balaban J connectivity index is 1.20. The van der Waals surface area contributed by atoms with Crippen LogP contribution in [0, 0.1) is 11.8 Å². The van der Waals surface area contributed by atoms with E-state index in [0.29, 0.717) is 17.9 Å². The van der Waals surface area contributed by atoms with Gasteiger partial charge in [-0.1, -0.05) is 0 Å². The monoisotopic (exact) mass is 399 g/mol. The molecule has 29 heavy (non-hydrogen) atoms. The third-order valence-corrected chi connectivity index (χ3v) is 7.08. The number of carbonyl (C=O) groups excluding carboxylic acids is 1. The van der Waals surface area contributed by atoms with E-state index in [1.54, 1.807) is 0 Å². The summed E-state index contributed by atoms with van der Waals surface area (Å²) in [5.74, 6) is 1.13. The smallest absolute Gasteiger partial charge is 0.224 e. The van der Waals surface area contributed by atoms with Crippen LogP contribution in [0.2, 0.25) is 0 Å². The first kappa shape index (κ1) is 20.8. The second-order valence-electron chi connectivity index (χ2n) is 9.14. The van der Waals surface area contributed by atoms with Gasteiger partial charge in [0.2, 0.25) is 5.91 Å². The van der Waals surface area contributed by atoms with Crippen LogP contribution < -0.4 is 10.6 Å². The molecule has 1 aromatic rings. The summed E-state index contributed by atoms with van der Waals surface area (Å²) >= 11 is 0. The molecule has 0 aliphatic carbocycles. The fraction of sp³-hybridized carbons (Fsp3) is 0.739. The van der Waals surface area contributed by atoms with Gasteiger partial charge < -0.3 is 10.6 Å². The predicted octanol–water partition coefficient (Wildman–Crippen LogP) is 1.87. The highest BCUT2D eigenvalue weighted by Gasteiger charge is 2.31. The number of nitrogens with one attached hydrogen (secondary N) is 2. The maximum Gasteiger partial charge on any atom is 0.224 e. The minimum absolute atomic E-state index is 0.181. The Morgan fingerprint density at radius 3 is 2.59 bits per heavy atom. The second kappa shape index (κ2) is 10.5. The van der Waals surface area contributed by atoms with Crippen molar-refractivity contribution >= 4 is 5.91 Å². The third kappa shape index (κ3) is 6.00. The molecule has 4 rings (SSSR count). The van der Waals surface area contributed by atoms with Gasteiger partial charge in [0.15, 0.2) is 0 Å². The lowest BCUT2D eigenvalue weighted by atomic mass is 9.92. The number of hydrogen-bond donors (Lipinski definition) is 2. The molecular weight excluding hydrogens is 362 g/mol. The van der Waals surface area contributed by atoms with Crippen molar-refractivity contribution in [1.29, 1.82) is 0 Å². The van der Waals surface area contributed by atoms with Gasteiger partial charge in [0.25, 0.3) is 0 Å². The summed E-state index contributed by atoms with van der Waals surface area (Å²) in [6, 6.07) is 4.87. The van der Waals surface area contributed by atoms with Crippen molar-refractivity contribution in [3.8, 4) is 0 Å². The van der Waals surface area contributed by atoms with Gasteiger partial charge in [0, 0.05) is 38.1 Å². The van der Waals surface area contributed by atoms with Crippen LogP contribution in [-0.2, 0) is 11.3 Å². The first-order chi connectivity index (χ1) is 14.3. The normalized spacial score (nSPS) is 25.7. The molecular formula is C23H37N5O. The lowest BCUT2D eigenvalue weighted by Gasteiger charge is -2.42. The summed E-state index contributed by atoms with van der Waals surface area (Å²) in [4.78, 5) is 22.0. The van der Waals surface area contributed by atoms with Gasteiger partial charge in [-0.05, 0) is 94.9 Å². The number of nitrogens with zero attached hydrogens (tertiary/aromatic N) is 3. The zero-order valence-corrected chi connectivity index (χ0v) is 17.7. The van der Waals surface area contributed by atoms with Gasteiger partial charge >= 0.3 is 0 Å². The Hall–Kier alpha value is -1.50. The average molecular weight is 400 g/mol. The van der Waals surface area contributed by atoms with Crippen LogP contribution in [0.5, 0.6) is 0 Å². The van der Waals surface area contributed by atoms with Crippen molar-refractivity contribution in [2.75, 3.05) is 45.8 Å². The quantitative estimate of drug-likeness (QED) is 0.765. The highest BCUT2D eigenvalue weighted by molar-refractivity contribution is 5.79. The average Bonchev–Trinajstić information content (AvgIpc) is 2.79. The lowest BCUT2D eigenvalue weighted by Crippen LogP contribution is -2.51. The predicted molar refractivity (Wildman–Crippen MR) is 115 cm³/mol. The van der Waals surface area contributed by atoms with E-state index in [1.165, 1.54) is 31.2 Å². The summed E-state index contributed by atoms with van der Waals surface area (Å²) in [7, 11) is 0. The summed E-state index contributed by atoms with van der Waals surface area (Å²) in [6.45, 7) is 8.49. The number of carbonyl (C=O) groups is 1. The standard InChI is InChI=1S/C23H37N5O/c29-23(26-16-19-3-9-24-10-4-19)21-2-1-13-28(18-21)22-7-14-27(15-8-22)17-20-5-11-25-12-6-20/h5-6,11-12,19,21-22,24H,1-4,7-10,13-18H2,(H,26,29)/t21-/m0/s1. The topological polar surface area (TPSA) is 60.5 Å². The van der Waals surface area contributed by atoms with Crippen molar-refractivity contribution in [3.63, 3.8) is 0 Å². The molecule has 1 aromatic heterocycles. The van der Waals surface area contributed by atoms with E-state index in [2.05, 4.69) is 37.6 Å². The van der Waals surface area contributed by atoms with E-state index in [4.69, 9.17) is 0 Å². The van der Waals surface area contributed by atoms with Crippen LogP contribution in [0.1, 0.15) is 44.1 Å². The van der Waals surface area contributed by atoms with E-state index in [0.717, 1.165) is 65.2 Å². The molecule has 0 spiro atoms. The molecule has 2 N–H and O–H groups in total. The fourth-order valence-corrected chi connectivity index (χ4v) is 5.22. The second-order valence-corrected chi connectivity index (χ2v) is 9.14. The first-order valence-electron chi connectivity index (χ1n) is 11.6. The fourth-order valence-electron chi connectivity index (χ4n) is 5.22. The number of pyridine rings is 1. The molecule has 3 saturated heterocycles. The van der Waals surface area contributed by atoms with Gasteiger partial charge in [-0.15, -0.1) is 0 Å². The van der Waals surface area contributed by atoms with Gasteiger partial charge in [-0.2, -0.15) is 0 Å². The van der Waals surface area contributed by atoms with E-state index in [-0.39, 0.29) is 5.92 Å². The minimum Gasteiger partial charge on any atom is -0.356 e. The van der Waals surface area contributed by atoms with Gasteiger partial charge in [-0.25, -0.2) is 0 Å². The van der Waals surface area contributed by atoms with Gasteiger partial charge in [0.05, 0.1) is 5.92 Å². The SMILES string of the molecule is O=C(NCC1CCNCC1)[C@H]1CCCN(C2CCN(Cc3ccncc3)CC2)C1. The number of amides is 1. The highest BCUT2D eigenvalue weighted by Crippen LogP contribution is 2.25. The van der Waals surface area contributed by atoms with Crippen LogP contribution in [0.3, 0.4) is 0 Å². The molecule has 0 bridgehead atoms. The molecule has 4 heterocycles. The van der Waals surface area contributed by atoms with Crippen molar-refractivity contribution in [1.82, 2.24) is 25.4 Å². The number of hydrogen-bond acceptors (Lipinski definition) is 5. The van der Waals surface area contributed by atoms with Crippen LogP contribution in [0.15, 0.2) is 24.5 Å². The van der Waals surface area contributed by atoms with Crippen molar-refractivity contribution in [2.45, 2.75) is 51.1 Å². The molecule has 3 aliphatic heterocycles. The molecule has 3 fully saturated rings. The van der Waals surface area contributed by atoms with Crippen molar-refractivity contribution < 1.29 is 4.79 Å². The first-order valence-corrected chi connectivity index (χ1v) is 11.6. The molecule has 6 heteroatoms. The van der Waals surface area contributed by atoms with E-state index in [1.807, 2.05) is 12.4 Å². The molecule has 0 saturated carbocycles. The molecule has 0 unspecified atom stereocenters. The summed E-state index contributed by atoms with van der Waals surface area (Å²) in [6.07, 6.45) is 10.8. The zero-order valence-electron chi connectivity index (χ0n) is 17.7. The minimum atomic E-state index is 0.181. The lowest BCUT2D eigenvalue weighted by molar-refractivity contribution is -0.127. The molecule has 160 valence electrons. The van der Waals surface area contributed by atoms with Crippen molar-refractivity contribution in [3.05, 3.63) is 30.1 Å². The maximum absolute atomic E-state index is 12.8. The van der Waals surface area contributed by atoms with E-state index < -0.39 is 0 Å². The van der Waals surface area contributed by atoms with E-state index >= 15 is 0 Å². The Morgan fingerprint density at radius 2 is 1.83 bits per heavy atom. The van der Waals surface area contributed by atoms with Crippen LogP contribution in [-0.4, -0.2) is 72.5 Å². The molecule has 1 amide bonds. The Labute approximate surface area is 175 Å². The van der Waals surface area contributed by atoms with Gasteiger partial charge in [-0.3, -0.25) is 19.6 Å². The summed E-state index contributed by atoms with van der Waals surface area (Å²) in [5, 5.41) is 6.67. The molecule has 0 aromatic carbocycles. The highest BCUT2D eigenvalue weighted by atomic mass is 16.1. The number of rotatable bonds is 6. The van der Waals surface area contributed by atoms with Crippen LogP contribution in [0.25, 0.3) is 0 Å². The number of piperidine rings is 3. The molecule has 6 nitrogen and oxygen atoms in total. The third-order valence-electron chi connectivity index (χ3n) is 7.08. The number of aromatic nitrogens is 1. The summed E-state index contributed by atoms with van der Waals surface area (Å²) < 4.78 is 0. The Bertz CT molecular complexity index is 625. The zero-order chi connectivity index (χ0) is 19.9. The molecule has 1 atom stereocenters.